The Morgan fingerprint density at radius 1 is 1.33 bits per heavy atom. The predicted octanol–water partition coefficient (Wildman–Crippen LogP) is 1.62. The minimum Gasteiger partial charge on any atom is -0.394 e. The molecular weight excluding hydrogens is 375 g/mol. The summed E-state index contributed by atoms with van der Waals surface area (Å²) < 4.78 is 18.2. The van der Waals surface area contributed by atoms with Crippen molar-refractivity contribution >= 4 is 28.4 Å². The molecule has 0 spiro atoms. The van der Waals surface area contributed by atoms with Gasteiger partial charge in [0.05, 0.1) is 25.5 Å². The lowest BCUT2D eigenvalue weighted by Gasteiger charge is -2.11. The van der Waals surface area contributed by atoms with Gasteiger partial charge in [0.1, 0.15) is 11.9 Å². The molecule has 1 unspecified atom stereocenters. The van der Waals surface area contributed by atoms with Crippen LogP contribution in [0, 0.1) is 5.82 Å². The van der Waals surface area contributed by atoms with Gasteiger partial charge in [-0.3, -0.25) is 10.1 Å². The Morgan fingerprint density at radius 3 is 2.89 bits per heavy atom. The highest BCUT2D eigenvalue weighted by atomic mass is 32.1. The van der Waals surface area contributed by atoms with Crippen molar-refractivity contribution in [2.24, 2.45) is 0 Å². The van der Waals surface area contributed by atoms with Gasteiger partial charge in [0.2, 0.25) is 5.91 Å². The molecule has 10 heteroatoms. The predicted molar refractivity (Wildman–Crippen MR) is 98.7 cm³/mol. The number of urea groups is 1. The summed E-state index contributed by atoms with van der Waals surface area (Å²) in [4.78, 5) is 27.9. The summed E-state index contributed by atoms with van der Waals surface area (Å²) in [5.74, 6) is -0.684. The molecule has 0 aliphatic carbocycles. The third kappa shape index (κ3) is 7.29. The van der Waals surface area contributed by atoms with Gasteiger partial charge in [0.15, 0.2) is 5.13 Å². The van der Waals surface area contributed by atoms with Gasteiger partial charge in [-0.2, -0.15) is 0 Å². The lowest BCUT2D eigenvalue weighted by Crippen LogP contribution is -2.34. The standard InChI is InChI=1S/C17H21FN4O4S/c1-11(26-6-5-23)15(24)19-9-14-10-27-17(21-14)22-16(25)20-8-12-3-2-4-13(18)7-12/h2-4,7,10-11,23H,5-6,8-9H2,1H3,(H,19,24)(H2,20,21,22,25). The van der Waals surface area contributed by atoms with Crippen molar-refractivity contribution in [1.29, 1.82) is 0 Å². The largest absolute Gasteiger partial charge is 0.394 e. The summed E-state index contributed by atoms with van der Waals surface area (Å²) in [5, 5.41) is 18.6. The fourth-order valence-electron chi connectivity index (χ4n) is 2.04. The smallest absolute Gasteiger partial charge is 0.321 e. The van der Waals surface area contributed by atoms with Crippen LogP contribution in [-0.2, 0) is 22.6 Å². The normalized spacial score (nSPS) is 11.7. The molecular formula is C17H21FN4O4S. The highest BCUT2D eigenvalue weighted by Gasteiger charge is 2.13. The van der Waals surface area contributed by atoms with Gasteiger partial charge in [-0.1, -0.05) is 12.1 Å². The molecule has 0 radical (unpaired) electrons. The number of nitrogens with one attached hydrogen (secondary N) is 3. The number of aromatic nitrogens is 1. The molecule has 1 aromatic carbocycles. The lowest BCUT2D eigenvalue weighted by atomic mass is 10.2. The topological polar surface area (TPSA) is 113 Å². The van der Waals surface area contributed by atoms with Crippen LogP contribution >= 0.6 is 11.3 Å². The van der Waals surface area contributed by atoms with Crippen molar-refractivity contribution in [3.05, 3.63) is 46.7 Å². The van der Waals surface area contributed by atoms with Crippen LogP contribution in [0.25, 0.3) is 0 Å². The summed E-state index contributed by atoms with van der Waals surface area (Å²) in [6.07, 6.45) is -0.679. The second-order valence-electron chi connectivity index (χ2n) is 5.54. The molecule has 146 valence electrons. The van der Waals surface area contributed by atoms with Crippen LogP contribution in [0.15, 0.2) is 29.6 Å². The Balaban J connectivity index is 1.74. The van der Waals surface area contributed by atoms with Crippen molar-refractivity contribution in [2.45, 2.75) is 26.1 Å². The Labute approximate surface area is 159 Å². The number of aliphatic hydroxyl groups is 1. The van der Waals surface area contributed by atoms with Gasteiger partial charge in [0.25, 0.3) is 0 Å². The Hall–Kier alpha value is -2.56. The first-order valence-corrected chi connectivity index (χ1v) is 9.09. The van der Waals surface area contributed by atoms with E-state index in [1.807, 2.05) is 0 Å². The number of hydrogen-bond acceptors (Lipinski definition) is 6. The van der Waals surface area contributed by atoms with Crippen molar-refractivity contribution < 1.29 is 23.8 Å². The van der Waals surface area contributed by atoms with Crippen LogP contribution in [0.2, 0.25) is 0 Å². The van der Waals surface area contributed by atoms with Gasteiger partial charge >= 0.3 is 6.03 Å². The van der Waals surface area contributed by atoms with Gasteiger partial charge in [-0.15, -0.1) is 11.3 Å². The second kappa shape index (κ2) is 10.6. The third-order valence-electron chi connectivity index (χ3n) is 3.39. The Morgan fingerprint density at radius 2 is 2.15 bits per heavy atom. The maximum Gasteiger partial charge on any atom is 0.321 e. The van der Waals surface area contributed by atoms with Gasteiger partial charge < -0.3 is 20.5 Å². The average molecular weight is 396 g/mol. The van der Waals surface area contributed by atoms with Gasteiger partial charge in [-0.05, 0) is 24.6 Å². The van der Waals surface area contributed by atoms with Crippen LogP contribution < -0.4 is 16.0 Å². The minimum absolute atomic E-state index is 0.0874. The molecule has 1 heterocycles. The van der Waals surface area contributed by atoms with Crippen LogP contribution in [0.5, 0.6) is 0 Å². The fourth-order valence-corrected chi connectivity index (χ4v) is 2.75. The zero-order chi connectivity index (χ0) is 19.6. The van der Waals surface area contributed by atoms with Crippen LogP contribution in [0.4, 0.5) is 14.3 Å². The van der Waals surface area contributed by atoms with E-state index in [4.69, 9.17) is 9.84 Å². The van der Waals surface area contributed by atoms with Gasteiger partial charge in [-0.25, -0.2) is 14.2 Å². The molecule has 0 aliphatic heterocycles. The molecule has 0 saturated heterocycles. The SMILES string of the molecule is CC(OCCO)C(=O)NCc1csc(NC(=O)NCc2cccc(F)c2)n1. The maximum absolute atomic E-state index is 13.1. The molecule has 1 aromatic heterocycles. The first-order chi connectivity index (χ1) is 13.0. The molecule has 3 amide bonds. The molecule has 27 heavy (non-hydrogen) atoms. The molecule has 0 saturated carbocycles. The Bertz CT molecular complexity index is 771. The first-order valence-electron chi connectivity index (χ1n) is 8.22. The number of halogens is 1. The fraction of sp³-hybridized carbons (Fsp3) is 0.353. The van der Waals surface area contributed by atoms with Crippen molar-refractivity contribution in [3.63, 3.8) is 0 Å². The van der Waals surface area contributed by atoms with Crippen molar-refractivity contribution in [1.82, 2.24) is 15.6 Å². The summed E-state index contributed by atoms with van der Waals surface area (Å²) in [5.41, 5.74) is 1.23. The average Bonchev–Trinajstić information content (AvgIpc) is 3.09. The van der Waals surface area contributed by atoms with Crippen LogP contribution in [0.1, 0.15) is 18.2 Å². The van der Waals surface area contributed by atoms with Crippen LogP contribution in [0.3, 0.4) is 0 Å². The first kappa shape index (κ1) is 20.7. The third-order valence-corrected chi connectivity index (χ3v) is 4.19. The van der Waals surface area contributed by atoms with E-state index >= 15 is 0 Å². The Kier molecular flexibility index (Phi) is 8.11. The molecule has 0 bridgehead atoms. The number of hydrogen-bond donors (Lipinski definition) is 4. The number of carbonyl (C=O) groups excluding carboxylic acids is 2. The summed E-state index contributed by atoms with van der Waals surface area (Å²) >= 11 is 1.22. The molecule has 4 N–H and O–H groups in total. The van der Waals surface area contributed by atoms with E-state index in [1.54, 1.807) is 24.4 Å². The maximum atomic E-state index is 13.1. The number of amides is 3. The molecule has 1 atom stereocenters. The lowest BCUT2D eigenvalue weighted by molar-refractivity contribution is -0.132. The van der Waals surface area contributed by atoms with Gasteiger partial charge in [0, 0.05) is 11.9 Å². The van der Waals surface area contributed by atoms with E-state index in [2.05, 4.69) is 20.9 Å². The molecule has 0 fully saturated rings. The molecule has 2 aromatic rings. The van der Waals surface area contributed by atoms with E-state index in [9.17, 15) is 14.0 Å². The summed E-state index contributed by atoms with van der Waals surface area (Å²) in [6, 6.07) is 5.49. The number of rotatable bonds is 9. The number of benzene rings is 1. The monoisotopic (exact) mass is 396 g/mol. The van der Waals surface area contributed by atoms with Crippen molar-refractivity contribution in [2.75, 3.05) is 18.5 Å². The second-order valence-corrected chi connectivity index (χ2v) is 6.39. The van der Waals surface area contributed by atoms with Crippen molar-refractivity contribution in [3.8, 4) is 0 Å². The summed E-state index contributed by atoms with van der Waals surface area (Å²) in [6.45, 7) is 1.89. The molecule has 2 rings (SSSR count). The van der Waals surface area contributed by atoms with E-state index in [-0.39, 0.29) is 38.0 Å². The van der Waals surface area contributed by atoms with E-state index in [0.29, 0.717) is 16.4 Å². The number of nitrogens with zero attached hydrogens (tertiary/aromatic N) is 1. The van der Waals surface area contributed by atoms with E-state index < -0.39 is 12.1 Å². The quantitative estimate of drug-likeness (QED) is 0.515. The molecule has 8 nitrogen and oxygen atoms in total. The van der Waals surface area contributed by atoms with E-state index in [1.165, 1.54) is 23.5 Å². The number of aliphatic hydroxyl groups excluding tert-OH is 1. The number of carbonyl (C=O) groups is 2. The number of thiazole rings is 1. The highest BCUT2D eigenvalue weighted by Crippen LogP contribution is 2.15. The number of anilines is 1. The number of ether oxygens (including phenoxy) is 1. The van der Waals surface area contributed by atoms with E-state index in [0.717, 1.165) is 0 Å². The minimum atomic E-state index is -0.679. The van der Waals surface area contributed by atoms with Crippen LogP contribution in [-0.4, -0.2) is 41.3 Å². The molecule has 0 aliphatic rings. The zero-order valence-corrected chi connectivity index (χ0v) is 15.5. The zero-order valence-electron chi connectivity index (χ0n) is 14.7. The summed E-state index contributed by atoms with van der Waals surface area (Å²) in [7, 11) is 0. The highest BCUT2D eigenvalue weighted by molar-refractivity contribution is 7.13.